The largest absolute Gasteiger partial charge is 0.418 e. The molecule has 0 aliphatic carbocycles. The summed E-state index contributed by atoms with van der Waals surface area (Å²) >= 11 is 0. The quantitative estimate of drug-likeness (QED) is 0.859. The van der Waals surface area contributed by atoms with Crippen LogP contribution in [0.5, 0.6) is 0 Å². The van der Waals surface area contributed by atoms with Crippen LogP contribution in [-0.2, 0) is 12.7 Å². The van der Waals surface area contributed by atoms with E-state index < -0.39 is 11.7 Å². The van der Waals surface area contributed by atoms with Crippen LogP contribution in [-0.4, -0.2) is 47.6 Å². The van der Waals surface area contributed by atoms with E-state index in [9.17, 15) is 13.2 Å². The van der Waals surface area contributed by atoms with Crippen molar-refractivity contribution < 1.29 is 13.2 Å². The fourth-order valence-electron chi connectivity index (χ4n) is 2.94. The maximum atomic E-state index is 13.2. The number of benzene rings is 1. The van der Waals surface area contributed by atoms with Gasteiger partial charge in [-0.2, -0.15) is 13.2 Å². The Morgan fingerprint density at radius 3 is 2.35 bits per heavy atom. The molecule has 0 bridgehead atoms. The second-order valence-electron chi connectivity index (χ2n) is 5.96. The molecule has 1 aromatic heterocycles. The molecule has 0 saturated carbocycles. The van der Waals surface area contributed by atoms with E-state index in [-0.39, 0.29) is 5.69 Å². The lowest BCUT2D eigenvalue weighted by Crippen LogP contribution is -2.44. The minimum Gasteiger partial charge on any atom is -0.319 e. The summed E-state index contributed by atoms with van der Waals surface area (Å²) in [7, 11) is 2.08. The van der Waals surface area contributed by atoms with Crippen molar-refractivity contribution in [1.29, 1.82) is 0 Å². The molecule has 0 N–H and O–H groups in total. The monoisotopic (exact) mass is 323 g/mol. The van der Waals surface area contributed by atoms with Gasteiger partial charge in [-0.1, -0.05) is 12.1 Å². The van der Waals surface area contributed by atoms with Crippen LogP contribution >= 0.6 is 0 Å². The van der Waals surface area contributed by atoms with E-state index in [0.717, 1.165) is 37.9 Å². The molecule has 0 radical (unpaired) electrons. The van der Waals surface area contributed by atoms with E-state index in [1.54, 1.807) is 22.9 Å². The summed E-state index contributed by atoms with van der Waals surface area (Å²) in [5, 5.41) is 0. The van der Waals surface area contributed by atoms with Crippen molar-refractivity contribution in [3.63, 3.8) is 0 Å². The second kappa shape index (κ2) is 6.37. The molecule has 0 atom stereocenters. The van der Waals surface area contributed by atoms with Gasteiger partial charge in [0.15, 0.2) is 0 Å². The lowest BCUT2D eigenvalue weighted by atomic mass is 10.1. The third-order valence-corrected chi connectivity index (χ3v) is 4.28. The summed E-state index contributed by atoms with van der Waals surface area (Å²) in [5.74, 6) is 0. The fraction of sp³-hybridized carbons (Fsp3) is 0.412. The molecule has 0 unspecified atom stereocenters. The summed E-state index contributed by atoms with van der Waals surface area (Å²) in [4.78, 5) is 4.54. The first-order valence-electron chi connectivity index (χ1n) is 7.69. The van der Waals surface area contributed by atoms with Crippen molar-refractivity contribution in [3.05, 3.63) is 53.9 Å². The average molecular weight is 323 g/mol. The highest BCUT2D eigenvalue weighted by atomic mass is 19.4. The molecule has 0 spiro atoms. The number of hydrogen-bond acceptors (Lipinski definition) is 2. The Bertz CT molecular complexity index is 655. The van der Waals surface area contributed by atoms with E-state index in [1.165, 1.54) is 12.1 Å². The summed E-state index contributed by atoms with van der Waals surface area (Å²) in [6, 6.07) is 9.43. The molecule has 3 rings (SSSR count). The van der Waals surface area contributed by atoms with E-state index in [2.05, 4.69) is 16.8 Å². The van der Waals surface area contributed by atoms with Gasteiger partial charge in [0, 0.05) is 44.6 Å². The second-order valence-corrected chi connectivity index (χ2v) is 5.96. The van der Waals surface area contributed by atoms with Crippen LogP contribution in [0.1, 0.15) is 11.3 Å². The van der Waals surface area contributed by atoms with Gasteiger partial charge in [-0.05, 0) is 31.3 Å². The number of para-hydroxylation sites is 1. The third kappa shape index (κ3) is 3.59. The van der Waals surface area contributed by atoms with Gasteiger partial charge in [-0.25, -0.2) is 0 Å². The predicted octanol–water partition coefficient (Wildman–Crippen LogP) is 3.24. The number of nitrogens with zero attached hydrogens (tertiary/aromatic N) is 3. The van der Waals surface area contributed by atoms with Crippen molar-refractivity contribution >= 4 is 0 Å². The van der Waals surface area contributed by atoms with E-state index in [4.69, 9.17) is 0 Å². The first-order valence-corrected chi connectivity index (χ1v) is 7.69. The zero-order valence-corrected chi connectivity index (χ0v) is 13.1. The van der Waals surface area contributed by atoms with Gasteiger partial charge < -0.3 is 9.47 Å². The number of halogens is 3. The fourth-order valence-corrected chi connectivity index (χ4v) is 2.94. The average Bonchev–Trinajstić information content (AvgIpc) is 2.97. The Kier molecular flexibility index (Phi) is 4.46. The number of likely N-dealkylation sites (N-methyl/N-ethyl adjacent to an activating group) is 1. The van der Waals surface area contributed by atoms with Crippen molar-refractivity contribution in [3.8, 4) is 5.69 Å². The summed E-state index contributed by atoms with van der Waals surface area (Å²) in [5.41, 5.74) is 0.469. The Hall–Kier alpha value is -1.79. The predicted molar refractivity (Wildman–Crippen MR) is 83.5 cm³/mol. The van der Waals surface area contributed by atoms with Crippen molar-refractivity contribution in [2.45, 2.75) is 12.7 Å². The topological polar surface area (TPSA) is 11.4 Å². The van der Waals surface area contributed by atoms with Gasteiger partial charge in [-0.3, -0.25) is 4.90 Å². The SMILES string of the molecule is CN1CCN(Cc2cccn2-c2ccccc2C(F)(F)F)CC1. The zero-order chi connectivity index (χ0) is 16.4. The summed E-state index contributed by atoms with van der Waals surface area (Å²) in [6.07, 6.45) is -2.65. The van der Waals surface area contributed by atoms with Gasteiger partial charge in [0.2, 0.25) is 0 Å². The maximum Gasteiger partial charge on any atom is 0.418 e. The van der Waals surface area contributed by atoms with Gasteiger partial charge in [0.05, 0.1) is 11.3 Å². The molecule has 1 aliphatic rings. The highest BCUT2D eigenvalue weighted by Gasteiger charge is 2.33. The maximum absolute atomic E-state index is 13.2. The van der Waals surface area contributed by atoms with Crippen LogP contribution in [0.25, 0.3) is 5.69 Å². The lowest BCUT2D eigenvalue weighted by molar-refractivity contribution is -0.137. The standard InChI is InChI=1S/C17H20F3N3/c1-21-9-11-22(12-10-21)13-14-5-4-8-23(14)16-7-3-2-6-15(16)17(18,19)20/h2-8H,9-13H2,1H3. The molecule has 124 valence electrons. The minimum absolute atomic E-state index is 0.189. The molecule has 0 amide bonds. The first-order chi connectivity index (χ1) is 10.9. The molecule has 1 aromatic carbocycles. The van der Waals surface area contributed by atoms with Crippen molar-refractivity contribution in [2.75, 3.05) is 33.2 Å². The third-order valence-electron chi connectivity index (χ3n) is 4.28. The molecule has 3 nitrogen and oxygen atoms in total. The normalized spacial score (nSPS) is 17.6. The van der Waals surface area contributed by atoms with Gasteiger partial charge in [-0.15, -0.1) is 0 Å². The van der Waals surface area contributed by atoms with E-state index in [1.807, 2.05) is 6.07 Å². The molecular formula is C17H20F3N3. The smallest absolute Gasteiger partial charge is 0.319 e. The Balaban J connectivity index is 1.87. The van der Waals surface area contributed by atoms with Gasteiger partial charge in [0.25, 0.3) is 0 Å². The number of piperazine rings is 1. The van der Waals surface area contributed by atoms with Crippen LogP contribution in [0.15, 0.2) is 42.6 Å². The highest BCUT2D eigenvalue weighted by Crippen LogP contribution is 2.34. The minimum atomic E-state index is -4.36. The summed E-state index contributed by atoms with van der Waals surface area (Å²) in [6.45, 7) is 4.50. The van der Waals surface area contributed by atoms with Crippen LogP contribution in [0.3, 0.4) is 0 Å². The number of aromatic nitrogens is 1. The van der Waals surface area contributed by atoms with E-state index in [0.29, 0.717) is 6.54 Å². The molecule has 2 heterocycles. The Labute approximate surface area is 133 Å². The Morgan fingerprint density at radius 2 is 1.65 bits per heavy atom. The molecular weight excluding hydrogens is 303 g/mol. The number of rotatable bonds is 3. The highest BCUT2D eigenvalue weighted by molar-refractivity contribution is 5.44. The van der Waals surface area contributed by atoms with Crippen LogP contribution in [0, 0.1) is 0 Å². The molecule has 1 saturated heterocycles. The molecule has 23 heavy (non-hydrogen) atoms. The van der Waals surface area contributed by atoms with E-state index >= 15 is 0 Å². The van der Waals surface area contributed by atoms with Gasteiger partial charge >= 0.3 is 6.18 Å². The first kappa shape index (κ1) is 16.1. The molecule has 1 aliphatic heterocycles. The van der Waals surface area contributed by atoms with Crippen LogP contribution < -0.4 is 0 Å². The van der Waals surface area contributed by atoms with Crippen LogP contribution in [0.2, 0.25) is 0 Å². The van der Waals surface area contributed by atoms with Crippen molar-refractivity contribution in [2.24, 2.45) is 0 Å². The van der Waals surface area contributed by atoms with Crippen molar-refractivity contribution in [1.82, 2.24) is 14.4 Å². The number of hydrogen-bond donors (Lipinski definition) is 0. The summed E-state index contributed by atoms with van der Waals surface area (Å²) < 4.78 is 41.4. The van der Waals surface area contributed by atoms with Gasteiger partial charge in [0.1, 0.15) is 0 Å². The Morgan fingerprint density at radius 1 is 0.957 bits per heavy atom. The molecule has 1 fully saturated rings. The lowest BCUT2D eigenvalue weighted by Gasteiger charge is -2.32. The molecule has 2 aromatic rings. The molecule has 6 heteroatoms. The van der Waals surface area contributed by atoms with Crippen LogP contribution in [0.4, 0.5) is 13.2 Å². The zero-order valence-electron chi connectivity index (χ0n) is 13.1. The number of alkyl halides is 3.